The summed E-state index contributed by atoms with van der Waals surface area (Å²) in [6.45, 7) is 10.9. The topological polar surface area (TPSA) is 28.2 Å². The van der Waals surface area contributed by atoms with Crippen molar-refractivity contribution < 1.29 is 0 Å². The summed E-state index contributed by atoms with van der Waals surface area (Å²) < 4.78 is 0. The predicted octanol–water partition coefficient (Wildman–Crippen LogP) is 2.68. The lowest BCUT2D eigenvalue weighted by Crippen LogP contribution is -2.41. The molecule has 0 aliphatic carbocycles. The van der Waals surface area contributed by atoms with Crippen LogP contribution in [0.4, 0.5) is 0 Å². The standard InChI is InChI=1S/C15H27N3/c1-4-10-16-12-15(5-2)18(6-3)13-14-9-7-8-11-17-14/h7-9,11,15-16H,4-6,10,12-13H2,1-3H3. The van der Waals surface area contributed by atoms with Crippen LogP contribution in [-0.4, -0.2) is 35.6 Å². The van der Waals surface area contributed by atoms with E-state index in [1.807, 2.05) is 12.3 Å². The van der Waals surface area contributed by atoms with E-state index in [-0.39, 0.29) is 0 Å². The van der Waals surface area contributed by atoms with Gasteiger partial charge in [-0.2, -0.15) is 0 Å². The number of likely N-dealkylation sites (N-methyl/N-ethyl adjacent to an activating group) is 1. The summed E-state index contributed by atoms with van der Waals surface area (Å²) in [4.78, 5) is 6.92. The van der Waals surface area contributed by atoms with Gasteiger partial charge in [-0.1, -0.05) is 26.8 Å². The highest BCUT2D eigenvalue weighted by molar-refractivity contribution is 5.03. The first-order valence-corrected chi connectivity index (χ1v) is 7.16. The molecule has 3 heteroatoms. The Labute approximate surface area is 112 Å². The third kappa shape index (κ3) is 5.15. The molecule has 0 bridgehead atoms. The Morgan fingerprint density at radius 2 is 2.11 bits per heavy atom. The molecule has 0 amide bonds. The number of rotatable bonds is 9. The number of hydrogen-bond acceptors (Lipinski definition) is 3. The van der Waals surface area contributed by atoms with Crippen molar-refractivity contribution in [1.29, 1.82) is 0 Å². The van der Waals surface area contributed by atoms with Gasteiger partial charge in [-0.05, 0) is 38.1 Å². The van der Waals surface area contributed by atoms with Gasteiger partial charge in [0.05, 0.1) is 5.69 Å². The molecule has 102 valence electrons. The number of nitrogens with zero attached hydrogens (tertiary/aromatic N) is 2. The lowest BCUT2D eigenvalue weighted by atomic mass is 10.1. The molecule has 1 unspecified atom stereocenters. The van der Waals surface area contributed by atoms with Gasteiger partial charge in [0.1, 0.15) is 0 Å². The maximum absolute atomic E-state index is 4.42. The zero-order valence-corrected chi connectivity index (χ0v) is 12.0. The summed E-state index contributed by atoms with van der Waals surface area (Å²) >= 11 is 0. The summed E-state index contributed by atoms with van der Waals surface area (Å²) in [5.74, 6) is 0. The first kappa shape index (κ1) is 15.1. The molecule has 1 heterocycles. The van der Waals surface area contributed by atoms with Crippen molar-refractivity contribution in [3.8, 4) is 0 Å². The predicted molar refractivity (Wildman–Crippen MR) is 77.6 cm³/mol. The molecule has 0 aliphatic heterocycles. The van der Waals surface area contributed by atoms with Crippen LogP contribution in [0.15, 0.2) is 24.4 Å². The van der Waals surface area contributed by atoms with Crippen LogP contribution >= 0.6 is 0 Å². The molecule has 0 aliphatic rings. The minimum atomic E-state index is 0.601. The van der Waals surface area contributed by atoms with Gasteiger partial charge in [-0.3, -0.25) is 9.88 Å². The average molecular weight is 249 g/mol. The van der Waals surface area contributed by atoms with Crippen LogP contribution in [0.25, 0.3) is 0 Å². The number of hydrogen-bond donors (Lipinski definition) is 1. The molecular formula is C15H27N3. The maximum atomic E-state index is 4.42. The molecule has 1 N–H and O–H groups in total. The Balaban J connectivity index is 2.51. The highest BCUT2D eigenvalue weighted by atomic mass is 15.2. The minimum absolute atomic E-state index is 0.601. The van der Waals surface area contributed by atoms with Crippen LogP contribution in [0.3, 0.4) is 0 Å². The summed E-state index contributed by atoms with van der Waals surface area (Å²) in [6, 6.07) is 6.74. The van der Waals surface area contributed by atoms with E-state index >= 15 is 0 Å². The average Bonchev–Trinajstić information content (AvgIpc) is 2.43. The third-order valence-electron chi connectivity index (χ3n) is 3.29. The van der Waals surface area contributed by atoms with Crippen LogP contribution in [0.1, 0.15) is 39.3 Å². The van der Waals surface area contributed by atoms with Crippen molar-refractivity contribution in [3.63, 3.8) is 0 Å². The quantitative estimate of drug-likeness (QED) is 0.682. The molecule has 18 heavy (non-hydrogen) atoms. The largest absolute Gasteiger partial charge is 0.315 e. The monoisotopic (exact) mass is 249 g/mol. The molecule has 3 nitrogen and oxygen atoms in total. The summed E-state index contributed by atoms with van der Waals surface area (Å²) in [7, 11) is 0. The van der Waals surface area contributed by atoms with Gasteiger partial charge in [0.25, 0.3) is 0 Å². The highest BCUT2D eigenvalue weighted by Gasteiger charge is 2.15. The van der Waals surface area contributed by atoms with Gasteiger partial charge in [0.2, 0.25) is 0 Å². The molecule has 1 atom stereocenters. The molecule has 1 rings (SSSR count). The summed E-state index contributed by atoms with van der Waals surface area (Å²) in [5.41, 5.74) is 1.16. The fourth-order valence-corrected chi connectivity index (χ4v) is 2.18. The van der Waals surface area contributed by atoms with E-state index in [4.69, 9.17) is 0 Å². The van der Waals surface area contributed by atoms with Crippen molar-refractivity contribution in [2.45, 2.75) is 46.2 Å². The fraction of sp³-hybridized carbons (Fsp3) is 0.667. The summed E-state index contributed by atoms with van der Waals surface area (Å²) in [6.07, 6.45) is 4.25. The second kappa shape index (κ2) is 9.06. The smallest absolute Gasteiger partial charge is 0.0544 e. The Morgan fingerprint density at radius 3 is 2.67 bits per heavy atom. The molecular weight excluding hydrogens is 222 g/mol. The molecule has 1 aromatic rings. The second-order valence-electron chi connectivity index (χ2n) is 4.65. The Bertz CT molecular complexity index is 300. The van der Waals surface area contributed by atoms with Crippen molar-refractivity contribution in [2.24, 2.45) is 0 Å². The van der Waals surface area contributed by atoms with Crippen LogP contribution < -0.4 is 5.32 Å². The Hall–Kier alpha value is -0.930. The van der Waals surface area contributed by atoms with Crippen molar-refractivity contribution in [1.82, 2.24) is 15.2 Å². The third-order valence-corrected chi connectivity index (χ3v) is 3.29. The molecule has 0 radical (unpaired) electrons. The van der Waals surface area contributed by atoms with Gasteiger partial charge >= 0.3 is 0 Å². The molecule has 0 spiro atoms. The highest BCUT2D eigenvalue weighted by Crippen LogP contribution is 2.08. The maximum Gasteiger partial charge on any atom is 0.0544 e. The SMILES string of the molecule is CCCNCC(CC)N(CC)Cc1ccccn1. The van der Waals surface area contributed by atoms with E-state index in [0.29, 0.717) is 6.04 Å². The number of pyridine rings is 1. The second-order valence-corrected chi connectivity index (χ2v) is 4.65. The van der Waals surface area contributed by atoms with E-state index in [2.05, 4.69) is 48.1 Å². The van der Waals surface area contributed by atoms with Crippen molar-refractivity contribution >= 4 is 0 Å². The lowest BCUT2D eigenvalue weighted by molar-refractivity contribution is 0.185. The van der Waals surface area contributed by atoms with Crippen LogP contribution in [0.2, 0.25) is 0 Å². The lowest BCUT2D eigenvalue weighted by Gasteiger charge is -2.30. The zero-order valence-electron chi connectivity index (χ0n) is 12.0. The fourth-order valence-electron chi connectivity index (χ4n) is 2.18. The molecule has 0 fully saturated rings. The van der Waals surface area contributed by atoms with Gasteiger partial charge in [0, 0.05) is 25.3 Å². The van der Waals surface area contributed by atoms with E-state index < -0.39 is 0 Å². The number of nitrogens with one attached hydrogen (secondary N) is 1. The van der Waals surface area contributed by atoms with Gasteiger partial charge in [-0.15, -0.1) is 0 Å². The summed E-state index contributed by atoms with van der Waals surface area (Å²) in [5, 5.41) is 3.52. The molecule has 0 saturated carbocycles. The number of aromatic nitrogens is 1. The van der Waals surface area contributed by atoms with Crippen molar-refractivity contribution in [3.05, 3.63) is 30.1 Å². The van der Waals surface area contributed by atoms with Crippen LogP contribution in [-0.2, 0) is 6.54 Å². The van der Waals surface area contributed by atoms with Gasteiger partial charge in [-0.25, -0.2) is 0 Å². The van der Waals surface area contributed by atoms with E-state index in [1.54, 1.807) is 0 Å². The Morgan fingerprint density at radius 1 is 1.28 bits per heavy atom. The van der Waals surface area contributed by atoms with Crippen LogP contribution in [0.5, 0.6) is 0 Å². The van der Waals surface area contributed by atoms with Gasteiger partial charge in [0.15, 0.2) is 0 Å². The molecule has 0 aromatic carbocycles. The first-order valence-electron chi connectivity index (χ1n) is 7.16. The van der Waals surface area contributed by atoms with Gasteiger partial charge < -0.3 is 5.32 Å². The minimum Gasteiger partial charge on any atom is -0.315 e. The van der Waals surface area contributed by atoms with E-state index in [1.165, 1.54) is 12.8 Å². The van der Waals surface area contributed by atoms with E-state index in [9.17, 15) is 0 Å². The van der Waals surface area contributed by atoms with E-state index in [0.717, 1.165) is 31.9 Å². The zero-order chi connectivity index (χ0) is 13.2. The molecule has 0 saturated heterocycles. The normalized spacial score (nSPS) is 12.9. The molecule has 1 aromatic heterocycles. The Kier molecular flexibility index (Phi) is 7.62. The first-order chi connectivity index (χ1) is 8.81. The van der Waals surface area contributed by atoms with Crippen molar-refractivity contribution in [2.75, 3.05) is 19.6 Å². The van der Waals surface area contributed by atoms with Crippen LogP contribution in [0, 0.1) is 0 Å².